The Morgan fingerprint density at radius 1 is 1.10 bits per heavy atom. The van der Waals surface area contributed by atoms with Gasteiger partial charge in [-0.3, -0.25) is 0 Å². The smallest absolute Gasteiger partial charge is 0.139 e. The standard InChI is InChI=1S/C16H17N3O/c1-2-5-14(6-3-1)16-18-9-11-19(16)10-8-17-13-15-7-4-12-20-15/h1-7,9,11-12,17H,8,10,13H2. The molecule has 1 N–H and O–H groups in total. The number of nitrogens with one attached hydrogen (secondary N) is 1. The first-order valence-corrected chi connectivity index (χ1v) is 6.73. The number of imidazole rings is 1. The third kappa shape index (κ3) is 2.97. The molecule has 4 heteroatoms. The normalized spacial score (nSPS) is 10.8. The van der Waals surface area contributed by atoms with Crippen molar-refractivity contribution in [2.24, 2.45) is 0 Å². The van der Waals surface area contributed by atoms with Crippen LogP contribution in [0.1, 0.15) is 5.76 Å². The number of aromatic nitrogens is 2. The van der Waals surface area contributed by atoms with Crippen molar-refractivity contribution < 1.29 is 4.42 Å². The maximum absolute atomic E-state index is 5.28. The molecule has 0 aliphatic carbocycles. The maximum atomic E-state index is 5.28. The van der Waals surface area contributed by atoms with Gasteiger partial charge < -0.3 is 14.3 Å². The van der Waals surface area contributed by atoms with Gasteiger partial charge >= 0.3 is 0 Å². The van der Waals surface area contributed by atoms with Crippen LogP contribution in [0.5, 0.6) is 0 Å². The van der Waals surface area contributed by atoms with E-state index in [-0.39, 0.29) is 0 Å². The minimum Gasteiger partial charge on any atom is -0.468 e. The van der Waals surface area contributed by atoms with Crippen molar-refractivity contribution >= 4 is 0 Å². The lowest BCUT2D eigenvalue weighted by Crippen LogP contribution is -2.19. The summed E-state index contributed by atoms with van der Waals surface area (Å²) >= 11 is 0. The van der Waals surface area contributed by atoms with Gasteiger partial charge in [0, 0.05) is 31.0 Å². The molecule has 4 nitrogen and oxygen atoms in total. The van der Waals surface area contributed by atoms with Gasteiger partial charge in [0.2, 0.25) is 0 Å². The quantitative estimate of drug-likeness (QED) is 0.698. The molecule has 0 atom stereocenters. The molecule has 0 aliphatic rings. The van der Waals surface area contributed by atoms with Crippen LogP contribution in [-0.2, 0) is 13.1 Å². The zero-order chi connectivity index (χ0) is 13.6. The van der Waals surface area contributed by atoms with Gasteiger partial charge in [-0.05, 0) is 12.1 Å². The fourth-order valence-corrected chi connectivity index (χ4v) is 2.16. The van der Waals surface area contributed by atoms with Gasteiger partial charge in [0.25, 0.3) is 0 Å². The van der Waals surface area contributed by atoms with Crippen molar-refractivity contribution in [3.8, 4) is 11.4 Å². The topological polar surface area (TPSA) is 43.0 Å². The molecule has 2 heterocycles. The average Bonchev–Trinajstić information content (AvgIpc) is 3.16. The number of furan rings is 1. The van der Waals surface area contributed by atoms with E-state index in [1.54, 1.807) is 6.26 Å². The van der Waals surface area contributed by atoms with Crippen molar-refractivity contribution in [2.45, 2.75) is 13.1 Å². The molecule has 0 saturated heterocycles. The summed E-state index contributed by atoms with van der Waals surface area (Å²) in [6.07, 6.45) is 5.55. The molecular weight excluding hydrogens is 250 g/mol. The molecular formula is C16H17N3O. The molecule has 0 saturated carbocycles. The number of rotatable bonds is 6. The lowest BCUT2D eigenvalue weighted by atomic mass is 10.2. The van der Waals surface area contributed by atoms with Crippen LogP contribution in [0.25, 0.3) is 11.4 Å². The number of nitrogens with zero attached hydrogens (tertiary/aromatic N) is 2. The third-order valence-corrected chi connectivity index (χ3v) is 3.16. The highest BCUT2D eigenvalue weighted by Crippen LogP contribution is 2.16. The molecule has 3 aromatic rings. The fraction of sp³-hybridized carbons (Fsp3) is 0.188. The number of hydrogen-bond donors (Lipinski definition) is 1. The zero-order valence-electron chi connectivity index (χ0n) is 11.2. The van der Waals surface area contributed by atoms with Gasteiger partial charge in [0.05, 0.1) is 12.8 Å². The Morgan fingerprint density at radius 2 is 2.00 bits per heavy atom. The molecule has 0 aliphatic heterocycles. The summed E-state index contributed by atoms with van der Waals surface area (Å²) in [5.41, 5.74) is 1.14. The van der Waals surface area contributed by atoms with Crippen LogP contribution >= 0.6 is 0 Å². The second kappa shape index (κ2) is 6.21. The van der Waals surface area contributed by atoms with Crippen molar-refractivity contribution in [3.05, 3.63) is 66.9 Å². The van der Waals surface area contributed by atoms with E-state index in [4.69, 9.17) is 4.42 Å². The average molecular weight is 267 g/mol. The van der Waals surface area contributed by atoms with E-state index < -0.39 is 0 Å². The third-order valence-electron chi connectivity index (χ3n) is 3.16. The van der Waals surface area contributed by atoms with Crippen LogP contribution in [0.4, 0.5) is 0 Å². The summed E-state index contributed by atoms with van der Waals surface area (Å²) in [5.74, 6) is 1.96. The lowest BCUT2D eigenvalue weighted by Gasteiger charge is -2.08. The summed E-state index contributed by atoms with van der Waals surface area (Å²) in [6.45, 7) is 2.50. The molecule has 0 fully saturated rings. The fourth-order valence-electron chi connectivity index (χ4n) is 2.16. The maximum Gasteiger partial charge on any atom is 0.139 e. The summed E-state index contributed by atoms with van der Waals surface area (Å²) in [7, 11) is 0. The Morgan fingerprint density at radius 3 is 2.80 bits per heavy atom. The van der Waals surface area contributed by atoms with Crippen LogP contribution in [-0.4, -0.2) is 16.1 Å². The number of benzene rings is 1. The summed E-state index contributed by atoms with van der Waals surface area (Å²) in [6, 6.07) is 14.1. The lowest BCUT2D eigenvalue weighted by molar-refractivity contribution is 0.476. The van der Waals surface area contributed by atoms with Crippen LogP contribution in [0.2, 0.25) is 0 Å². The second-order valence-electron chi connectivity index (χ2n) is 4.57. The van der Waals surface area contributed by atoms with E-state index in [9.17, 15) is 0 Å². The van der Waals surface area contributed by atoms with Gasteiger partial charge in [-0.25, -0.2) is 4.98 Å². The van der Waals surface area contributed by atoms with Gasteiger partial charge in [-0.2, -0.15) is 0 Å². The van der Waals surface area contributed by atoms with Crippen LogP contribution in [0.3, 0.4) is 0 Å². The predicted molar refractivity (Wildman–Crippen MR) is 78.1 cm³/mol. The highest BCUT2D eigenvalue weighted by molar-refractivity contribution is 5.55. The van der Waals surface area contributed by atoms with Crippen molar-refractivity contribution in [1.29, 1.82) is 0 Å². The Balaban J connectivity index is 1.57. The molecule has 1 aromatic carbocycles. The van der Waals surface area contributed by atoms with Gasteiger partial charge in [0.15, 0.2) is 0 Å². The van der Waals surface area contributed by atoms with Gasteiger partial charge in [-0.15, -0.1) is 0 Å². The highest BCUT2D eigenvalue weighted by Gasteiger charge is 2.04. The Labute approximate surface area is 118 Å². The van der Waals surface area contributed by atoms with Crippen molar-refractivity contribution in [3.63, 3.8) is 0 Å². The monoisotopic (exact) mass is 267 g/mol. The summed E-state index contributed by atoms with van der Waals surface area (Å²) in [5, 5.41) is 3.36. The van der Waals surface area contributed by atoms with Gasteiger partial charge in [0.1, 0.15) is 11.6 Å². The molecule has 0 bridgehead atoms. The van der Waals surface area contributed by atoms with E-state index in [2.05, 4.69) is 27.0 Å². The molecule has 0 amide bonds. The first kappa shape index (κ1) is 12.7. The first-order valence-electron chi connectivity index (χ1n) is 6.73. The van der Waals surface area contributed by atoms with Crippen LogP contribution in [0.15, 0.2) is 65.5 Å². The van der Waals surface area contributed by atoms with Crippen molar-refractivity contribution in [2.75, 3.05) is 6.54 Å². The van der Waals surface area contributed by atoms with E-state index in [1.807, 2.05) is 42.7 Å². The number of hydrogen-bond acceptors (Lipinski definition) is 3. The Hall–Kier alpha value is -2.33. The van der Waals surface area contributed by atoms with E-state index in [0.717, 1.165) is 36.8 Å². The Kier molecular flexibility index (Phi) is 3.94. The van der Waals surface area contributed by atoms with Crippen molar-refractivity contribution in [1.82, 2.24) is 14.9 Å². The van der Waals surface area contributed by atoms with Crippen LogP contribution < -0.4 is 5.32 Å². The molecule has 0 spiro atoms. The highest BCUT2D eigenvalue weighted by atomic mass is 16.3. The molecule has 3 rings (SSSR count). The van der Waals surface area contributed by atoms with E-state index in [1.165, 1.54) is 0 Å². The van der Waals surface area contributed by atoms with E-state index >= 15 is 0 Å². The molecule has 0 radical (unpaired) electrons. The van der Waals surface area contributed by atoms with E-state index in [0.29, 0.717) is 0 Å². The van der Waals surface area contributed by atoms with Gasteiger partial charge in [-0.1, -0.05) is 30.3 Å². The SMILES string of the molecule is c1ccc(-c2nccn2CCNCc2ccco2)cc1. The first-order chi connectivity index (χ1) is 9.93. The molecule has 0 unspecified atom stereocenters. The Bertz CT molecular complexity index is 629. The second-order valence-corrected chi connectivity index (χ2v) is 4.57. The predicted octanol–water partition coefficient (Wildman–Crippen LogP) is 2.93. The molecule has 2 aromatic heterocycles. The summed E-state index contributed by atoms with van der Waals surface area (Å²) < 4.78 is 7.44. The largest absolute Gasteiger partial charge is 0.468 e. The minimum atomic E-state index is 0.752. The van der Waals surface area contributed by atoms with Crippen LogP contribution in [0, 0.1) is 0 Å². The molecule has 20 heavy (non-hydrogen) atoms. The molecule has 102 valence electrons. The summed E-state index contributed by atoms with van der Waals surface area (Å²) in [4.78, 5) is 4.43. The minimum absolute atomic E-state index is 0.752. The zero-order valence-corrected chi connectivity index (χ0v) is 11.2.